The Morgan fingerprint density at radius 3 is 2.48 bits per heavy atom. The molecule has 1 saturated heterocycles. The first-order valence-corrected chi connectivity index (χ1v) is 9.95. The SMILES string of the molecule is O=C(c1ccc(Cl)cc1)N1CCN(c2nnc(-c3cccs3)s2)CC1. The highest BCUT2D eigenvalue weighted by molar-refractivity contribution is 7.22. The molecule has 0 N–H and O–H groups in total. The number of benzene rings is 1. The number of carbonyl (C=O) groups is 1. The fourth-order valence-electron chi connectivity index (χ4n) is 2.72. The average Bonchev–Trinajstić information content (AvgIpc) is 3.33. The number of nitrogens with zero attached hydrogens (tertiary/aromatic N) is 4. The Morgan fingerprint density at radius 2 is 1.80 bits per heavy atom. The standard InChI is InChI=1S/C17H15ClN4OS2/c18-13-5-3-12(4-6-13)16(23)21-7-9-22(10-8-21)17-20-19-15(25-17)14-2-1-11-24-14/h1-6,11H,7-10H2. The van der Waals surface area contributed by atoms with Crippen LogP contribution in [0.5, 0.6) is 0 Å². The van der Waals surface area contributed by atoms with E-state index in [4.69, 9.17) is 11.6 Å². The third-order valence-corrected chi connectivity index (χ3v) is 6.35. The highest BCUT2D eigenvalue weighted by Gasteiger charge is 2.24. The van der Waals surface area contributed by atoms with Gasteiger partial charge in [-0.05, 0) is 35.7 Å². The van der Waals surface area contributed by atoms with Crippen molar-refractivity contribution in [1.82, 2.24) is 15.1 Å². The number of halogens is 1. The van der Waals surface area contributed by atoms with Gasteiger partial charge in [-0.3, -0.25) is 4.79 Å². The Kier molecular flexibility index (Phi) is 4.70. The monoisotopic (exact) mass is 390 g/mol. The lowest BCUT2D eigenvalue weighted by Gasteiger charge is -2.34. The van der Waals surface area contributed by atoms with E-state index < -0.39 is 0 Å². The summed E-state index contributed by atoms with van der Waals surface area (Å²) in [4.78, 5) is 17.8. The number of rotatable bonds is 3. The number of hydrogen-bond acceptors (Lipinski definition) is 6. The molecule has 1 aromatic carbocycles. The summed E-state index contributed by atoms with van der Waals surface area (Å²) >= 11 is 9.15. The van der Waals surface area contributed by atoms with Crippen molar-refractivity contribution in [1.29, 1.82) is 0 Å². The first-order chi connectivity index (χ1) is 12.2. The third-order valence-electron chi connectivity index (χ3n) is 4.07. The van der Waals surface area contributed by atoms with Crippen LogP contribution in [0.4, 0.5) is 5.13 Å². The lowest BCUT2D eigenvalue weighted by molar-refractivity contribution is 0.0747. The van der Waals surface area contributed by atoms with Crippen molar-refractivity contribution in [3.8, 4) is 9.88 Å². The predicted molar refractivity (Wildman–Crippen MR) is 103 cm³/mol. The summed E-state index contributed by atoms with van der Waals surface area (Å²) in [6.45, 7) is 2.88. The van der Waals surface area contributed by atoms with E-state index in [1.807, 2.05) is 16.3 Å². The molecule has 0 bridgehead atoms. The first kappa shape index (κ1) is 16.5. The predicted octanol–water partition coefficient (Wildman–Crippen LogP) is 3.88. The Labute approximate surface area is 158 Å². The number of carbonyl (C=O) groups excluding carboxylic acids is 1. The molecule has 1 fully saturated rings. The van der Waals surface area contributed by atoms with Crippen LogP contribution in [-0.4, -0.2) is 47.2 Å². The average molecular weight is 391 g/mol. The second-order valence-corrected chi connectivity index (χ2v) is 7.99. The van der Waals surface area contributed by atoms with Crippen LogP contribution in [0, 0.1) is 0 Å². The van der Waals surface area contributed by atoms with E-state index in [1.54, 1.807) is 46.9 Å². The van der Waals surface area contributed by atoms with Gasteiger partial charge in [-0.2, -0.15) is 0 Å². The van der Waals surface area contributed by atoms with Gasteiger partial charge in [-0.1, -0.05) is 29.0 Å². The van der Waals surface area contributed by atoms with Gasteiger partial charge in [0, 0.05) is 36.8 Å². The molecule has 5 nitrogen and oxygen atoms in total. The van der Waals surface area contributed by atoms with Gasteiger partial charge in [0.2, 0.25) is 5.13 Å². The lowest BCUT2D eigenvalue weighted by Crippen LogP contribution is -2.48. The summed E-state index contributed by atoms with van der Waals surface area (Å²) in [7, 11) is 0. The van der Waals surface area contributed by atoms with Crippen molar-refractivity contribution < 1.29 is 4.79 Å². The molecule has 1 aliphatic heterocycles. The van der Waals surface area contributed by atoms with Crippen LogP contribution in [0.25, 0.3) is 9.88 Å². The van der Waals surface area contributed by atoms with Crippen molar-refractivity contribution in [2.75, 3.05) is 31.1 Å². The Morgan fingerprint density at radius 1 is 1.04 bits per heavy atom. The van der Waals surface area contributed by atoms with Crippen LogP contribution in [0.1, 0.15) is 10.4 Å². The molecule has 1 amide bonds. The maximum Gasteiger partial charge on any atom is 0.253 e. The van der Waals surface area contributed by atoms with Crippen molar-refractivity contribution in [2.45, 2.75) is 0 Å². The molecule has 0 spiro atoms. The van der Waals surface area contributed by atoms with Crippen LogP contribution >= 0.6 is 34.3 Å². The van der Waals surface area contributed by atoms with E-state index in [1.165, 1.54) is 0 Å². The highest BCUT2D eigenvalue weighted by Crippen LogP contribution is 2.31. The van der Waals surface area contributed by atoms with Crippen molar-refractivity contribution in [3.05, 3.63) is 52.4 Å². The fourth-order valence-corrected chi connectivity index (χ4v) is 4.53. The number of thiophene rings is 1. The van der Waals surface area contributed by atoms with Crippen LogP contribution < -0.4 is 4.90 Å². The minimum Gasteiger partial charge on any atom is -0.343 e. The van der Waals surface area contributed by atoms with Crippen LogP contribution in [0.2, 0.25) is 5.02 Å². The molecular formula is C17H15ClN4OS2. The van der Waals surface area contributed by atoms with E-state index in [-0.39, 0.29) is 5.91 Å². The largest absolute Gasteiger partial charge is 0.343 e. The zero-order valence-corrected chi connectivity index (χ0v) is 15.7. The van der Waals surface area contributed by atoms with Crippen molar-refractivity contribution in [3.63, 3.8) is 0 Å². The molecule has 0 unspecified atom stereocenters. The van der Waals surface area contributed by atoms with Gasteiger partial charge in [0.25, 0.3) is 5.91 Å². The van der Waals surface area contributed by atoms with Crippen LogP contribution in [-0.2, 0) is 0 Å². The molecule has 128 valence electrons. The zero-order chi connectivity index (χ0) is 17.2. The zero-order valence-electron chi connectivity index (χ0n) is 13.3. The van der Waals surface area contributed by atoms with Gasteiger partial charge in [-0.15, -0.1) is 21.5 Å². The summed E-state index contributed by atoms with van der Waals surface area (Å²) in [5, 5.41) is 13.1. The molecule has 3 heterocycles. The molecule has 0 aliphatic carbocycles. The summed E-state index contributed by atoms with van der Waals surface area (Å²) in [5.41, 5.74) is 0.675. The van der Waals surface area contributed by atoms with Crippen molar-refractivity contribution in [2.24, 2.45) is 0 Å². The molecular weight excluding hydrogens is 376 g/mol. The molecule has 0 saturated carbocycles. The number of piperazine rings is 1. The molecule has 4 rings (SSSR count). The smallest absolute Gasteiger partial charge is 0.253 e. The molecule has 25 heavy (non-hydrogen) atoms. The second-order valence-electron chi connectivity index (χ2n) is 5.65. The summed E-state index contributed by atoms with van der Waals surface area (Å²) in [6.07, 6.45) is 0. The first-order valence-electron chi connectivity index (χ1n) is 7.88. The molecule has 8 heteroatoms. The molecule has 0 atom stereocenters. The summed E-state index contributed by atoms with van der Waals surface area (Å²) in [6, 6.07) is 11.1. The van der Waals surface area contributed by atoms with Gasteiger partial charge in [0.15, 0.2) is 5.01 Å². The summed E-state index contributed by atoms with van der Waals surface area (Å²) in [5.74, 6) is 0.0489. The Hall–Kier alpha value is -1.96. The topological polar surface area (TPSA) is 49.3 Å². The van der Waals surface area contributed by atoms with E-state index in [0.717, 1.165) is 28.1 Å². The number of anilines is 1. The third kappa shape index (κ3) is 3.53. The Balaban J connectivity index is 1.40. The fraction of sp³-hybridized carbons (Fsp3) is 0.235. The molecule has 3 aromatic rings. The number of aromatic nitrogens is 2. The van der Waals surface area contributed by atoms with E-state index in [0.29, 0.717) is 23.7 Å². The highest BCUT2D eigenvalue weighted by atomic mass is 35.5. The maximum absolute atomic E-state index is 12.6. The summed E-state index contributed by atoms with van der Waals surface area (Å²) < 4.78 is 0. The van der Waals surface area contributed by atoms with Gasteiger partial charge < -0.3 is 9.80 Å². The lowest BCUT2D eigenvalue weighted by atomic mass is 10.2. The van der Waals surface area contributed by atoms with Gasteiger partial charge >= 0.3 is 0 Å². The van der Waals surface area contributed by atoms with Crippen LogP contribution in [0.3, 0.4) is 0 Å². The van der Waals surface area contributed by atoms with E-state index in [2.05, 4.69) is 21.2 Å². The van der Waals surface area contributed by atoms with E-state index in [9.17, 15) is 4.79 Å². The minimum absolute atomic E-state index is 0.0489. The maximum atomic E-state index is 12.6. The number of hydrogen-bond donors (Lipinski definition) is 0. The number of amides is 1. The normalized spacial score (nSPS) is 14.8. The van der Waals surface area contributed by atoms with E-state index >= 15 is 0 Å². The van der Waals surface area contributed by atoms with Crippen molar-refractivity contribution >= 4 is 45.3 Å². The van der Waals surface area contributed by atoms with Gasteiger partial charge in [0.1, 0.15) is 0 Å². The minimum atomic E-state index is 0.0489. The Bertz CT molecular complexity index is 855. The quantitative estimate of drug-likeness (QED) is 0.680. The molecule has 2 aromatic heterocycles. The van der Waals surface area contributed by atoms with Gasteiger partial charge in [0.05, 0.1) is 4.88 Å². The second kappa shape index (κ2) is 7.11. The molecule has 0 radical (unpaired) electrons. The van der Waals surface area contributed by atoms with Crippen LogP contribution in [0.15, 0.2) is 41.8 Å². The molecule has 1 aliphatic rings. The van der Waals surface area contributed by atoms with Gasteiger partial charge in [-0.25, -0.2) is 0 Å².